The molecule has 1 aliphatic rings. The van der Waals surface area contributed by atoms with Gasteiger partial charge in [-0.25, -0.2) is 4.68 Å². The molecule has 118 valence electrons. The minimum atomic E-state index is -0.0472. The van der Waals surface area contributed by atoms with Gasteiger partial charge in [-0.2, -0.15) is 5.10 Å². The molecule has 0 bridgehead atoms. The number of nitrogens with zero attached hydrogens (tertiary/aromatic N) is 3. The number of aromatic nitrogens is 2. The van der Waals surface area contributed by atoms with E-state index >= 15 is 0 Å². The summed E-state index contributed by atoms with van der Waals surface area (Å²) in [6.07, 6.45) is 4.88. The van der Waals surface area contributed by atoms with Crippen LogP contribution < -0.4 is 10.9 Å². The molecule has 21 heavy (non-hydrogen) atoms. The van der Waals surface area contributed by atoms with Crippen molar-refractivity contribution < 1.29 is 0 Å². The van der Waals surface area contributed by atoms with E-state index in [-0.39, 0.29) is 5.56 Å². The number of anilines is 1. The van der Waals surface area contributed by atoms with E-state index in [9.17, 15) is 4.79 Å². The van der Waals surface area contributed by atoms with Crippen molar-refractivity contribution in [2.24, 2.45) is 5.92 Å². The van der Waals surface area contributed by atoms with E-state index in [0.717, 1.165) is 38.0 Å². The summed E-state index contributed by atoms with van der Waals surface area (Å²) in [7, 11) is 2.15. The summed E-state index contributed by atoms with van der Waals surface area (Å²) in [6, 6.07) is 0.394. The van der Waals surface area contributed by atoms with Crippen LogP contribution in [-0.2, 0) is 6.54 Å². The molecular weight excluding hydrogens is 332 g/mol. The fourth-order valence-electron chi connectivity index (χ4n) is 2.80. The van der Waals surface area contributed by atoms with Gasteiger partial charge in [-0.3, -0.25) is 4.79 Å². The van der Waals surface area contributed by atoms with Crippen LogP contribution in [0.2, 0.25) is 0 Å². The van der Waals surface area contributed by atoms with Gasteiger partial charge in [0.1, 0.15) is 4.47 Å². The lowest BCUT2D eigenvalue weighted by Crippen LogP contribution is -2.43. The van der Waals surface area contributed by atoms with Crippen molar-refractivity contribution in [3.63, 3.8) is 0 Å². The molecule has 1 saturated heterocycles. The Morgan fingerprint density at radius 2 is 2.29 bits per heavy atom. The Bertz CT molecular complexity index is 531. The predicted octanol–water partition coefficient (Wildman–Crippen LogP) is 2.56. The van der Waals surface area contributed by atoms with E-state index in [0.29, 0.717) is 23.0 Å². The third-order valence-electron chi connectivity index (χ3n) is 4.16. The second-order valence-electron chi connectivity index (χ2n) is 6.03. The first-order chi connectivity index (χ1) is 10.0. The zero-order valence-corrected chi connectivity index (χ0v) is 14.7. The molecule has 0 amide bonds. The molecule has 1 fully saturated rings. The summed E-state index contributed by atoms with van der Waals surface area (Å²) < 4.78 is 2.14. The zero-order chi connectivity index (χ0) is 15.4. The third kappa shape index (κ3) is 4.07. The number of likely N-dealkylation sites (tertiary alicyclic amines) is 1. The number of piperidine rings is 1. The number of halogens is 1. The van der Waals surface area contributed by atoms with Gasteiger partial charge in [0.25, 0.3) is 5.56 Å². The van der Waals surface area contributed by atoms with Crippen LogP contribution in [0.5, 0.6) is 0 Å². The Morgan fingerprint density at radius 3 is 2.95 bits per heavy atom. The third-order valence-corrected chi connectivity index (χ3v) is 4.92. The van der Waals surface area contributed by atoms with E-state index in [1.54, 1.807) is 6.20 Å². The van der Waals surface area contributed by atoms with Crippen molar-refractivity contribution in [2.75, 3.05) is 25.5 Å². The smallest absolute Gasteiger partial charge is 0.283 e. The van der Waals surface area contributed by atoms with Gasteiger partial charge in [-0.05, 0) is 48.3 Å². The van der Waals surface area contributed by atoms with Gasteiger partial charge >= 0.3 is 0 Å². The summed E-state index contributed by atoms with van der Waals surface area (Å²) in [5.41, 5.74) is 0.767. The van der Waals surface area contributed by atoms with Crippen LogP contribution in [0.3, 0.4) is 0 Å². The second kappa shape index (κ2) is 7.40. The van der Waals surface area contributed by atoms with Gasteiger partial charge < -0.3 is 10.2 Å². The molecule has 2 atom stereocenters. The Morgan fingerprint density at radius 1 is 1.52 bits per heavy atom. The van der Waals surface area contributed by atoms with Gasteiger partial charge in [0, 0.05) is 19.1 Å². The molecule has 2 heterocycles. The lowest BCUT2D eigenvalue weighted by Gasteiger charge is -2.35. The number of rotatable bonds is 5. The number of hydrogen-bond donors (Lipinski definition) is 1. The SMILES string of the molecule is CCCCn1ncc(NC2CCN(C)CC2C)c(Br)c1=O. The first kappa shape index (κ1) is 16.5. The summed E-state index contributed by atoms with van der Waals surface area (Å²) in [5, 5.41) is 7.78. The van der Waals surface area contributed by atoms with Crippen LogP contribution in [0.15, 0.2) is 15.5 Å². The molecule has 1 aromatic heterocycles. The molecule has 0 aliphatic carbocycles. The van der Waals surface area contributed by atoms with E-state index in [2.05, 4.69) is 52.1 Å². The van der Waals surface area contributed by atoms with E-state index in [1.165, 1.54) is 4.68 Å². The summed E-state index contributed by atoms with van der Waals surface area (Å²) >= 11 is 3.44. The predicted molar refractivity (Wildman–Crippen MR) is 89.8 cm³/mol. The summed E-state index contributed by atoms with van der Waals surface area (Å²) in [4.78, 5) is 14.6. The molecule has 0 saturated carbocycles. The molecule has 0 aromatic carbocycles. The summed E-state index contributed by atoms with van der Waals surface area (Å²) in [6.45, 7) is 7.20. The highest BCUT2D eigenvalue weighted by Crippen LogP contribution is 2.23. The lowest BCUT2D eigenvalue weighted by molar-refractivity contribution is 0.206. The second-order valence-corrected chi connectivity index (χ2v) is 6.83. The molecule has 1 aromatic rings. The van der Waals surface area contributed by atoms with Gasteiger partial charge in [0.05, 0.1) is 11.9 Å². The Labute approximate surface area is 134 Å². The van der Waals surface area contributed by atoms with Crippen LogP contribution in [0.25, 0.3) is 0 Å². The van der Waals surface area contributed by atoms with E-state index < -0.39 is 0 Å². The van der Waals surface area contributed by atoms with Crippen molar-refractivity contribution in [1.82, 2.24) is 14.7 Å². The highest BCUT2D eigenvalue weighted by molar-refractivity contribution is 9.10. The first-order valence-corrected chi connectivity index (χ1v) is 8.53. The molecule has 6 heteroatoms. The maximum absolute atomic E-state index is 12.3. The quantitative estimate of drug-likeness (QED) is 0.880. The van der Waals surface area contributed by atoms with Crippen LogP contribution in [0.1, 0.15) is 33.1 Å². The van der Waals surface area contributed by atoms with Crippen molar-refractivity contribution in [1.29, 1.82) is 0 Å². The fraction of sp³-hybridized carbons (Fsp3) is 0.733. The average Bonchev–Trinajstić information content (AvgIpc) is 2.45. The van der Waals surface area contributed by atoms with Crippen LogP contribution in [0.4, 0.5) is 5.69 Å². The maximum Gasteiger partial charge on any atom is 0.283 e. The standard InChI is InChI=1S/C15H25BrN4O/c1-4-5-7-20-15(21)14(16)13(9-17-20)18-12-6-8-19(3)10-11(12)2/h9,11-12,18H,4-8,10H2,1-3H3. The zero-order valence-electron chi connectivity index (χ0n) is 13.1. The molecule has 5 nitrogen and oxygen atoms in total. The molecule has 0 radical (unpaired) electrons. The fourth-order valence-corrected chi connectivity index (χ4v) is 3.22. The Hall–Kier alpha value is -0.880. The summed E-state index contributed by atoms with van der Waals surface area (Å²) in [5.74, 6) is 0.554. The van der Waals surface area contributed by atoms with Crippen LogP contribution >= 0.6 is 15.9 Å². The minimum absolute atomic E-state index is 0.0472. The Kier molecular flexibility index (Phi) is 5.81. The van der Waals surface area contributed by atoms with Crippen LogP contribution in [-0.4, -0.2) is 40.9 Å². The number of hydrogen-bond acceptors (Lipinski definition) is 4. The van der Waals surface area contributed by atoms with Gasteiger partial charge in [-0.15, -0.1) is 0 Å². The monoisotopic (exact) mass is 356 g/mol. The average molecular weight is 357 g/mol. The van der Waals surface area contributed by atoms with E-state index in [1.807, 2.05) is 0 Å². The lowest BCUT2D eigenvalue weighted by atomic mass is 9.94. The highest BCUT2D eigenvalue weighted by atomic mass is 79.9. The van der Waals surface area contributed by atoms with Gasteiger partial charge in [-0.1, -0.05) is 20.3 Å². The normalized spacial score (nSPS) is 23.2. The molecule has 2 rings (SSSR count). The molecule has 2 unspecified atom stereocenters. The van der Waals surface area contributed by atoms with Crippen molar-refractivity contribution >= 4 is 21.6 Å². The molecular formula is C15H25BrN4O. The first-order valence-electron chi connectivity index (χ1n) is 7.73. The van der Waals surface area contributed by atoms with Crippen LogP contribution in [0, 0.1) is 5.92 Å². The number of unbranched alkanes of at least 4 members (excludes halogenated alkanes) is 1. The number of aryl methyl sites for hydroxylation is 1. The molecule has 0 spiro atoms. The van der Waals surface area contributed by atoms with Crippen molar-refractivity contribution in [3.8, 4) is 0 Å². The largest absolute Gasteiger partial charge is 0.380 e. The maximum atomic E-state index is 12.3. The van der Waals surface area contributed by atoms with Gasteiger partial charge in [0.15, 0.2) is 0 Å². The molecule has 1 N–H and O–H groups in total. The Balaban J connectivity index is 2.10. The van der Waals surface area contributed by atoms with Crippen molar-refractivity contribution in [3.05, 3.63) is 21.0 Å². The van der Waals surface area contributed by atoms with Crippen molar-refractivity contribution in [2.45, 2.75) is 45.7 Å². The number of nitrogens with one attached hydrogen (secondary N) is 1. The van der Waals surface area contributed by atoms with Gasteiger partial charge in [0.2, 0.25) is 0 Å². The topological polar surface area (TPSA) is 50.2 Å². The highest BCUT2D eigenvalue weighted by Gasteiger charge is 2.25. The molecule has 1 aliphatic heterocycles. The van der Waals surface area contributed by atoms with E-state index in [4.69, 9.17) is 0 Å². The minimum Gasteiger partial charge on any atom is -0.380 e.